The summed E-state index contributed by atoms with van der Waals surface area (Å²) in [5.41, 5.74) is 0.405. The second-order valence-corrected chi connectivity index (χ2v) is 2.43. The molecule has 0 aliphatic rings. The Morgan fingerprint density at radius 1 is 1.80 bits per heavy atom. The van der Waals surface area contributed by atoms with Gasteiger partial charge in [0.05, 0.1) is 34.8 Å². The average Bonchev–Trinajstić information content (AvgIpc) is 1.91. The van der Waals surface area contributed by atoms with Gasteiger partial charge < -0.3 is 4.74 Å². The molecule has 0 aliphatic carbocycles. The lowest BCUT2D eigenvalue weighted by Gasteiger charge is -1.99. The van der Waals surface area contributed by atoms with Crippen molar-refractivity contribution in [1.29, 1.82) is 0 Å². The molecule has 0 saturated carbocycles. The first kappa shape index (κ1) is 10.3. The number of hydrogen-bond donors (Lipinski definition) is 0. The molecule has 0 radical (unpaired) electrons. The zero-order valence-electron chi connectivity index (χ0n) is 5.43. The van der Waals surface area contributed by atoms with Crippen LogP contribution in [0.5, 0.6) is 0 Å². The van der Waals surface area contributed by atoms with E-state index < -0.39 is 0 Å². The highest BCUT2D eigenvalue weighted by atomic mass is 127. The van der Waals surface area contributed by atoms with Gasteiger partial charge in [-0.25, -0.2) is 8.00 Å². The maximum atomic E-state index is 10.8. The van der Waals surface area contributed by atoms with Gasteiger partial charge in [-0.3, -0.25) is 0 Å². The third-order valence-electron chi connectivity index (χ3n) is 0.740. The van der Waals surface area contributed by atoms with Gasteiger partial charge in [0.2, 0.25) is 0 Å². The zero-order valence-corrected chi connectivity index (χ0v) is 9.18. The third kappa shape index (κ3) is 3.50. The molecule has 0 aliphatic heterocycles. The first-order valence-corrected chi connectivity index (χ1v) is 4.75. The van der Waals surface area contributed by atoms with E-state index in [0.29, 0.717) is 17.6 Å². The summed E-state index contributed by atoms with van der Waals surface area (Å²) in [6.45, 7) is 2.15. The van der Waals surface area contributed by atoms with Gasteiger partial charge >= 0.3 is 5.97 Å². The Balaban J connectivity index is 3.91. The van der Waals surface area contributed by atoms with Crippen molar-refractivity contribution >= 4 is 50.5 Å². The van der Waals surface area contributed by atoms with E-state index in [4.69, 9.17) is 0 Å². The summed E-state index contributed by atoms with van der Waals surface area (Å²) >= 11 is 4.87. The standard InChI is InChI=1S/C5H7BrINO2/c1-2-10-5(9)4(3-6)8-7/h2-3H2,1H3. The minimum atomic E-state index is -0.353. The number of hydrogen-bond acceptors (Lipinski definition) is 3. The van der Waals surface area contributed by atoms with Crippen LogP contribution in [0.4, 0.5) is 0 Å². The average molecular weight is 320 g/mol. The van der Waals surface area contributed by atoms with Crippen molar-refractivity contribution < 1.29 is 9.53 Å². The lowest BCUT2D eigenvalue weighted by atomic mass is 10.4. The lowest BCUT2D eigenvalue weighted by molar-refractivity contribution is -0.135. The van der Waals surface area contributed by atoms with E-state index in [0.717, 1.165) is 0 Å². The van der Waals surface area contributed by atoms with Gasteiger partial charge in [0, 0.05) is 0 Å². The van der Waals surface area contributed by atoms with Gasteiger partial charge in [0.15, 0.2) is 0 Å². The number of nitrogens with zero attached hydrogens (tertiary/aromatic N) is 1. The number of rotatable bonds is 3. The fraction of sp³-hybridized carbons (Fsp3) is 0.600. The molecule has 0 heterocycles. The fourth-order valence-electron chi connectivity index (χ4n) is 0.326. The quantitative estimate of drug-likeness (QED) is 0.344. The Kier molecular flexibility index (Phi) is 6.30. The van der Waals surface area contributed by atoms with Crippen LogP contribution in [0.3, 0.4) is 0 Å². The van der Waals surface area contributed by atoms with Crippen LogP contribution < -0.4 is 0 Å². The molecule has 0 saturated heterocycles. The third-order valence-corrected chi connectivity index (χ3v) is 1.85. The number of halogens is 2. The van der Waals surface area contributed by atoms with Crippen molar-refractivity contribution in [3.05, 3.63) is 0 Å². The molecule has 0 aromatic rings. The van der Waals surface area contributed by atoms with Crippen LogP contribution in [0.25, 0.3) is 0 Å². The summed E-state index contributed by atoms with van der Waals surface area (Å²) in [6.07, 6.45) is 0. The number of ether oxygens (including phenoxy) is 1. The van der Waals surface area contributed by atoms with Gasteiger partial charge in [-0.15, -0.1) is 0 Å². The van der Waals surface area contributed by atoms with E-state index >= 15 is 0 Å². The number of carbonyl (C=O) groups excluding carboxylic acids is 1. The molecule has 0 rings (SSSR count). The molecule has 0 aromatic heterocycles. The van der Waals surface area contributed by atoms with E-state index in [1.165, 1.54) is 0 Å². The molecule has 58 valence electrons. The van der Waals surface area contributed by atoms with Gasteiger partial charge in [-0.05, 0) is 6.92 Å². The van der Waals surface area contributed by atoms with Gasteiger partial charge in [0.25, 0.3) is 0 Å². The number of esters is 1. The molecule has 0 N–H and O–H groups in total. The minimum Gasteiger partial charge on any atom is -0.461 e. The molecule has 10 heavy (non-hydrogen) atoms. The first-order valence-electron chi connectivity index (χ1n) is 2.67. The number of carbonyl (C=O) groups is 1. The van der Waals surface area contributed by atoms with Crippen LogP contribution in [-0.2, 0) is 9.53 Å². The molecule has 5 heteroatoms. The highest BCUT2D eigenvalue weighted by molar-refractivity contribution is 14.1. The summed E-state index contributed by atoms with van der Waals surface area (Å²) in [5.74, 6) is -0.353. The second-order valence-electron chi connectivity index (χ2n) is 1.39. The van der Waals surface area contributed by atoms with Gasteiger partial charge in [-0.1, -0.05) is 15.9 Å². The maximum absolute atomic E-state index is 10.8. The smallest absolute Gasteiger partial charge is 0.354 e. The fourth-order valence-corrected chi connectivity index (χ4v) is 1.52. The van der Waals surface area contributed by atoms with Crippen LogP contribution in [0.15, 0.2) is 3.21 Å². The lowest BCUT2D eigenvalue weighted by Crippen LogP contribution is -2.17. The van der Waals surface area contributed by atoms with Crippen molar-refractivity contribution in [3.8, 4) is 0 Å². The highest BCUT2D eigenvalue weighted by Gasteiger charge is 2.08. The molecular formula is C5H7BrINO2. The van der Waals surface area contributed by atoms with E-state index in [1.54, 1.807) is 29.8 Å². The Labute approximate surface area is 81.9 Å². The number of alkyl halides is 1. The molecule has 0 aromatic carbocycles. The summed E-state index contributed by atoms with van der Waals surface area (Å²) in [7, 11) is 0. The highest BCUT2D eigenvalue weighted by Crippen LogP contribution is 1.95. The largest absolute Gasteiger partial charge is 0.461 e. The van der Waals surface area contributed by atoms with Crippen molar-refractivity contribution in [2.75, 3.05) is 11.9 Å². The topological polar surface area (TPSA) is 38.7 Å². The summed E-state index contributed by atoms with van der Waals surface area (Å²) in [4.78, 5) is 10.8. The molecule has 0 unspecified atom stereocenters. The molecule has 0 atom stereocenters. The molecule has 0 bridgehead atoms. The monoisotopic (exact) mass is 319 g/mol. The Morgan fingerprint density at radius 2 is 2.40 bits per heavy atom. The predicted molar refractivity (Wildman–Crippen MR) is 51.9 cm³/mol. The second kappa shape index (κ2) is 6.09. The zero-order chi connectivity index (χ0) is 7.98. The van der Waals surface area contributed by atoms with Crippen molar-refractivity contribution in [1.82, 2.24) is 0 Å². The van der Waals surface area contributed by atoms with E-state index in [9.17, 15) is 4.79 Å². The minimum absolute atomic E-state index is 0.353. The SMILES string of the molecule is CCOC(=O)C(CBr)=NI. The van der Waals surface area contributed by atoms with Crippen LogP contribution in [0.1, 0.15) is 6.92 Å². The van der Waals surface area contributed by atoms with Crippen LogP contribution in [-0.4, -0.2) is 23.6 Å². The van der Waals surface area contributed by atoms with E-state index in [1.807, 2.05) is 0 Å². The van der Waals surface area contributed by atoms with Crippen LogP contribution >= 0.6 is 38.8 Å². The summed E-state index contributed by atoms with van der Waals surface area (Å²) in [5, 5.41) is 0.439. The van der Waals surface area contributed by atoms with Crippen LogP contribution in [0, 0.1) is 0 Å². The van der Waals surface area contributed by atoms with Crippen LogP contribution in [0.2, 0.25) is 0 Å². The first-order chi connectivity index (χ1) is 4.76. The Morgan fingerprint density at radius 3 is 2.70 bits per heavy atom. The van der Waals surface area contributed by atoms with Crippen molar-refractivity contribution in [3.63, 3.8) is 0 Å². The van der Waals surface area contributed by atoms with E-state index in [2.05, 4.69) is 23.9 Å². The maximum Gasteiger partial charge on any atom is 0.354 e. The van der Waals surface area contributed by atoms with Gasteiger partial charge in [-0.2, -0.15) is 0 Å². The van der Waals surface area contributed by atoms with Gasteiger partial charge in [0.1, 0.15) is 5.71 Å². The Bertz CT molecular complexity index is 149. The van der Waals surface area contributed by atoms with Crippen molar-refractivity contribution in [2.24, 2.45) is 3.21 Å². The van der Waals surface area contributed by atoms with E-state index in [-0.39, 0.29) is 5.97 Å². The summed E-state index contributed by atoms with van der Waals surface area (Å²) in [6, 6.07) is 0. The molecule has 3 nitrogen and oxygen atoms in total. The molecule has 0 spiro atoms. The summed E-state index contributed by atoms with van der Waals surface area (Å²) < 4.78 is 8.37. The van der Waals surface area contributed by atoms with Crippen molar-refractivity contribution in [2.45, 2.75) is 6.92 Å². The molecule has 0 amide bonds. The molecule has 0 fully saturated rings. The Hall–Kier alpha value is 0.350. The molecular weight excluding hydrogens is 313 g/mol. The normalized spacial score (nSPS) is 11.3. The predicted octanol–water partition coefficient (Wildman–Crippen LogP) is 1.74.